The summed E-state index contributed by atoms with van der Waals surface area (Å²) in [6, 6.07) is 10.4. The number of unbranched alkanes of at least 4 members (excludes halogenated alkanes) is 1. The number of pyridine rings is 1. The van der Waals surface area contributed by atoms with Crippen molar-refractivity contribution in [3.05, 3.63) is 102 Å². The molecule has 0 atom stereocenters. The monoisotopic (exact) mass is 992 g/mol. The van der Waals surface area contributed by atoms with Gasteiger partial charge in [-0.25, -0.2) is 39.6 Å². The van der Waals surface area contributed by atoms with E-state index in [9.17, 15) is 14.4 Å². The third-order valence-corrected chi connectivity index (χ3v) is 13.7. The Labute approximate surface area is 422 Å². The number of amides is 3. The van der Waals surface area contributed by atoms with Crippen molar-refractivity contribution < 1.29 is 23.9 Å². The van der Waals surface area contributed by atoms with Gasteiger partial charge in [0.05, 0.1) is 37.1 Å². The highest BCUT2D eigenvalue weighted by atomic mass is 16.5. The molecule has 3 aliphatic rings. The van der Waals surface area contributed by atoms with Crippen molar-refractivity contribution in [2.45, 2.75) is 52.2 Å². The van der Waals surface area contributed by atoms with Crippen molar-refractivity contribution in [3.63, 3.8) is 0 Å². The summed E-state index contributed by atoms with van der Waals surface area (Å²) < 4.78 is 13.1. The molecule has 0 radical (unpaired) electrons. The van der Waals surface area contributed by atoms with Crippen molar-refractivity contribution in [1.29, 1.82) is 0 Å². The van der Waals surface area contributed by atoms with Crippen molar-refractivity contribution in [2.24, 2.45) is 0 Å². The van der Waals surface area contributed by atoms with Crippen LogP contribution < -0.4 is 20.9 Å². The summed E-state index contributed by atoms with van der Waals surface area (Å²) in [5.41, 5.74) is 14.0. The van der Waals surface area contributed by atoms with E-state index in [1.54, 1.807) is 31.0 Å². The zero-order valence-electron chi connectivity index (χ0n) is 41.2. The van der Waals surface area contributed by atoms with Gasteiger partial charge in [-0.2, -0.15) is 5.10 Å². The maximum absolute atomic E-state index is 13.7. The Balaban J connectivity index is 0.620. The van der Waals surface area contributed by atoms with Crippen LogP contribution in [-0.2, 0) is 45.1 Å². The summed E-state index contributed by atoms with van der Waals surface area (Å²) in [5.74, 6) is 1.41. The summed E-state index contributed by atoms with van der Waals surface area (Å²) in [6.45, 7) is 11.9. The zero-order valence-corrected chi connectivity index (χ0v) is 41.2. The number of nitrogens with zero attached hydrogens (tertiary/aromatic N) is 14. The molecule has 3 amide bonds. The van der Waals surface area contributed by atoms with E-state index in [-0.39, 0.29) is 24.3 Å². The van der Waals surface area contributed by atoms with Gasteiger partial charge < -0.3 is 45.1 Å². The quantitative estimate of drug-likeness (QED) is 0.0986. The first-order valence-corrected chi connectivity index (χ1v) is 25.1. The van der Waals surface area contributed by atoms with E-state index in [0.717, 1.165) is 85.3 Å². The normalized spacial score (nSPS) is 15.3. The van der Waals surface area contributed by atoms with E-state index in [4.69, 9.17) is 20.3 Å². The van der Waals surface area contributed by atoms with Gasteiger partial charge >= 0.3 is 0 Å². The van der Waals surface area contributed by atoms with Crippen molar-refractivity contribution >= 4 is 57.5 Å². The first-order valence-electron chi connectivity index (χ1n) is 25.1. The number of piperazine rings is 2. The molecule has 0 unspecified atom stereocenters. The number of carbonyl (C=O) groups is 3. The zero-order chi connectivity index (χ0) is 50.1. The molecule has 7 aromatic rings. The molecule has 0 saturated carbocycles. The summed E-state index contributed by atoms with van der Waals surface area (Å²) in [7, 11) is 0. The van der Waals surface area contributed by atoms with Crippen LogP contribution in [0.4, 0.5) is 17.7 Å². The Morgan fingerprint density at radius 3 is 2.30 bits per heavy atom. The number of fused-ring (bicyclic) bond motifs is 3. The van der Waals surface area contributed by atoms with Gasteiger partial charge in [0.1, 0.15) is 30.1 Å². The average molecular weight is 992 g/mol. The van der Waals surface area contributed by atoms with Crippen LogP contribution in [0, 0.1) is 0 Å². The Morgan fingerprint density at radius 1 is 0.753 bits per heavy atom. The number of carbonyl (C=O) groups excluding carboxylic acids is 3. The predicted molar refractivity (Wildman–Crippen MR) is 273 cm³/mol. The van der Waals surface area contributed by atoms with E-state index in [2.05, 4.69) is 85.0 Å². The molecule has 9 heterocycles. The molecule has 22 heteroatoms. The molecule has 2 saturated heterocycles. The van der Waals surface area contributed by atoms with E-state index in [1.165, 1.54) is 11.9 Å². The number of aromatic amines is 1. The van der Waals surface area contributed by atoms with Crippen LogP contribution in [0.25, 0.3) is 33.3 Å². The minimum atomic E-state index is -0.163. The number of H-pyrrole nitrogens is 1. The smallest absolute Gasteiger partial charge is 0.257 e. The lowest BCUT2D eigenvalue weighted by atomic mass is 9.97. The number of nitrogens with two attached hydrogens (primary N) is 1. The van der Waals surface area contributed by atoms with Crippen LogP contribution in [0.2, 0.25) is 0 Å². The van der Waals surface area contributed by atoms with E-state index >= 15 is 0 Å². The minimum absolute atomic E-state index is 0.0486. The van der Waals surface area contributed by atoms with Crippen LogP contribution in [0.1, 0.15) is 58.8 Å². The Kier molecular flexibility index (Phi) is 15.3. The molecule has 2 fully saturated rings. The summed E-state index contributed by atoms with van der Waals surface area (Å²) in [4.78, 5) is 83.7. The van der Waals surface area contributed by atoms with Crippen molar-refractivity contribution in [3.8, 4) is 11.3 Å². The highest BCUT2D eigenvalue weighted by Gasteiger charge is 2.26. The molecule has 3 aliphatic heterocycles. The lowest BCUT2D eigenvalue weighted by Crippen LogP contribution is -2.49. The molecule has 4 N–H and O–H groups in total. The molecule has 380 valence electrons. The average Bonchev–Trinajstić information content (AvgIpc) is 4.06. The minimum Gasteiger partial charge on any atom is -0.383 e. The Hall–Kier alpha value is -7.69. The third kappa shape index (κ3) is 11.7. The predicted octanol–water partition coefficient (Wildman–Crippen LogP) is 3.09. The molecule has 10 rings (SSSR count). The van der Waals surface area contributed by atoms with Gasteiger partial charge in [0.2, 0.25) is 23.7 Å². The van der Waals surface area contributed by atoms with Crippen LogP contribution in [-0.4, -0.2) is 174 Å². The fourth-order valence-corrected chi connectivity index (χ4v) is 9.45. The molecular formula is C51H61N17O5. The standard InChI is InChI=1S/C51H61N17O5/c1-2-3-20-73-33-42(69)54-25-36-26-56-50(57-27-36)66-17-15-64(16-18-66)43(70)8-21-72-22-19-63-11-13-65(14-12-63)51-58-29-41(30-59-51)49(71)67-10-7-37-23-35(4-5-39(37)32-67)31-68-48-44(46(52)60-34-61-48)45(62-68)40-24-38-6-9-53-47(38)55-28-40/h4-6,9,23-24,26-30,34H,2-3,7-8,10-22,25,31-33H2,1H3,(H,53,55)(H,54,69)(H2,52,60,61). The second-order valence-electron chi connectivity index (χ2n) is 18.6. The highest BCUT2D eigenvalue weighted by molar-refractivity contribution is 5.99. The van der Waals surface area contributed by atoms with Crippen LogP contribution in [0.15, 0.2) is 73.8 Å². The molecular weight excluding hydrogens is 931 g/mol. The fourth-order valence-electron chi connectivity index (χ4n) is 9.45. The summed E-state index contributed by atoms with van der Waals surface area (Å²) >= 11 is 0. The first-order chi connectivity index (χ1) is 35.8. The van der Waals surface area contributed by atoms with Gasteiger partial charge in [0, 0.05) is 139 Å². The molecule has 22 nitrogen and oxygen atoms in total. The largest absolute Gasteiger partial charge is 0.383 e. The first kappa shape index (κ1) is 48.9. The topological polar surface area (TPSA) is 248 Å². The van der Waals surface area contributed by atoms with Crippen molar-refractivity contribution in [2.75, 3.05) is 107 Å². The van der Waals surface area contributed by atoms with Crippen LogP contribution in [0.3, 0.4) is 0 Å². The Bertz CT molecular complexity index is 3020. The number of hydrogen-bond donors (Lipinski definition) is 3. The number of nitrogens with one attached hydrogen (secondary N) is 2. The van der Waals surface area contributed by atoms with E-state index in [0.29, 0.717) is 119 Å². The van der Waals surface area contributed by atoms with Crippen LogP contribution >= 0.6 is 0 Å². The molecule has 0 aliphatic carbocycles. The van der Waals surface area contributed by atoms with Crippen molar-refractivity contribution in [1.82, 2.24) is 69.7 Å². The fraction of sp³-hybridized carbons (Fsp3) is 0.431. The molecule has 73 heavy (non-hydrogen) atoms. The SMILES string of the molecule is CCCCOCC(=O)NCc1cnc(N2CCN(C(=O)CCOCCN3CCN(c4ncc(C(=O)N5CCc6cc(Cn7nc(-c8cnc9[nH]ccc9c8)c8c(N)ncnc87)ccc6C5)cn4)CC3)CC2)nc1. The number of nitrogen functional groups attached to an aromatic ring is 1. The number of anilines is 3. The lowest BCUT2D eigenvalue weighted by molar-refractivity contribution is -0.132. The third-order valence-electron chi connectivity index (χ3n) is 13.7. The van der Waals surface area contributed by atoms with Gasteiger partial charge in [0.25, 0.3) is 5.91 Å². The number of aromatic nitrogens is 10. The maximum atomic E-state index is 13.7. The van der Waals surface area contributed by atoms with Gasteiger partial charge in [-0.15, -0.1) is 0 Å². The maximum Gasteiger partial charge on any atom is 0.257 e. The second-order valence-corrected chi connectivity index (χ2v) is 18.6. The highest BCUT2D eigenvalue weighted by Crippen LogP contribution is 2.32. The molecule has 1 aromatic carbocycles. The lowest BCUT2D eigenvalue weighted by Gasteiger charge is -2.35. The van der Waals surface area contributed by atoms with E-state index < -0.39 is 0 Å². The van der Waals surface area contributed by atoms with Crippen LogP contribution in [0.5, 0.6) is 0 Å². The van der Waals surface area contributed by atoms with Gasteiger partial charge in [0.15, 0.2) is 5.65 Å². The Morgan fingerprint density at radius 2 is 1.52 bits per heavy atom. The molecule has 6 aromatic heterocycles. The second kappa shape index (κ2) is 22.8. The number of ether oxygens (including phenoxy) is 2. The summed E-state index contributed by atoms with van der Waals surface area (Å²) in [5, 5.41) is 9.46. The number of rotatable bonds is 19. The van der Waals surface area contributed by atoms with E-state index in [1.807, 2.05) is 32.8 Å². The van der Waals surface area contributed by atoms with Gasteiger partial charge in [-0.1, -0.05) is 31.5 Å². The summed E-state index contributed by atoms with van der Waals surface area (Å²) in [6.07, 6.45) is 14.8. The van der Waals surface area contributed by atoms with Gasteiger partial charge in [-0.05, 0) is 41.7 Å². The number of benzene rings is 1. The van der Waals surface area contributed by atoms with Gasteiger partial charge in [-0.3, -0.25) is 19.3 Å². The number of hydrogen-bond acceptors (Lipinski definition) is 17. The molecule has 0 bridgehead atoms. The molecule has 0 spiro atoms.